The molecule has 4 heteroatoms. The Kier molecular flexibility index (Phi) is 5.76. The highest BCUT2D eigenvalue weighted by atomic mass is 19.1. The molecule has 1 amide bonds. The van der Waals surface area contributed by atoms with Crippen molar-refractivity contribution in [3.63, 3.8) is 0 Å². The molecule has 2 aliphatic heterocycles. The van der Waals surface area contributed by atoms with Crippen molar-refractivity contribution in [1.29, 1.82) is 0 Å². The van der Waals surface area contributed by atoms with Gasteiger partial charge in [0.1, 0.15) is 5.82 Å². The Balaban J connectivity index is 1.54. The molecule has 1 atom stereocenters. The van der Waals surface area contributed by atoms with Crippen LogP contribution in [0, 0.1) is 11.2 Å². The summed E-state index contributed by atoms with van der Waals surface area (Å²) in [5.74, 6) is 0.147. The number of carbonyl (C=O) groups excluding carboxylic acids is 1. The molecule has 0 N–H and O–H groups in total. The quantitative estimate of drug-likeness (QED) is 0.674. The molecule has 3 aliphatic rings. The summed E-state index contributed by atoms with van der Waals surface area (Å²) in [6, 6.07) is 5.51. The molecule has 2 saturated heterocycles. The zero-order valence-electron chi connectivity index (χ0n) is 18.5. The standard InChI is InChI=1S/C25H37FN2O/c1-24(2,3)11-15-27-16-12-25(13-17-27)10-9-22(28-14-5-4-6-23(28)29)20-8-7-19(26)18-21(20)25/h7-8,18,22H,4-6,9-17H2,1-3H3/t22-/m0/s1. The van der Waals surface area contributed by atoms with Gasteiger partial charge in [0.25, 0.3) is 0 Å². The van der Waals surface area contributed by atoms with Crippen molar-refractivity contribution < 1.29 is 9.18 Å². The molecule has 0 bridgehead atoms. The fourth-order valence-corrected chi connectivity index (χ4v) is 5.68. The Labute approximate surface area is 175 Å². The van der Waals surface area contributed by atoms with E-state index in [-0.39, 0.29) is 23.2 Å². The van der Waals surface area contributed by atoms with Crippen LogP contribution < -0.4 is 0 Å². The normalized spacial score (nSPS) is 25.3. The lowest BCUT2D eigenvalue weighted by atomic mass is 9.63. The second-order valence-corrected chi connectivity index (χ2v) is 10.8. The molecule has 0 aromatic heterocycles. The molecule has 0 unspecified atom stereocenters. The Morgan fingerprint density at radius 2 is 1.86 bits per heavy atom. The predicted octanol–water partition coefficient (Wildman–Crippen LogP) is 5.44. The second kappa shape index (κ2) is 8.02. The van der Waals surface area contributed by atoms with Gasteiger partial charge in [-0.25, -0.2) is 4.39 Å². The van der Waals surface area contributed by atoms with Gasteiger partial charge >= 0.3 is 0 Å². The van der Waals surface area contributed by atoms with Gasteiger partial charge in [-0.1, -0.05) is 26.8 Å². The second-order valence-electron chi connectivity index (χ2n) is 10.8. The molecular weight excluding hydrogens is 363 g/mol. The van der Waals surface area contributed by atoms with Crippen molar-refractivity contribution in [1.82, 2.24) is 9.80 Å². The number of nitrogens with zero attached hydrogens (tertiary/aromatic N) is 2. The van der Waals surface area contributed by atoms with Crippen LogP contribution in [0.3, 0.4) is 0 Å². The minimum absolute atomic E-state index is 0.0883. The summed E-state index contributed by atoms with van der Waals surface area (Å²) < 4.78 is 14.3. The van der Waals surface area contributed by atoms with Gasteiger partial charge in [0.05, 0.1) is 6.04 Å². The molecule has 0 radical (unpaired) electrons. The van der Waals surface area contributed by atoms with Crippen molar-refractivity contribution in [2.75, 3.05) is 26.2 Å². The molecule has 3 nitrogen and oxygen atoms in total. The van der Waals surface area contributed by atoms with E-state index in [1.165, 1.54) is 17.5 Å². The van der Waals surface area contributed by atoms with Gasteiger partial charge in [0.15, 0.2) is 0 Å². The molecule has 1 aromatic rings. The summed E-state index contributed by atoms with van der Waals surface area (Å²) in [5, 5.41) is 0. The number of benzene rings is 1. The average Bonchev–Trinajstić information content (AvgIpc) is 2.68. The van der Waals surface area contributed by atoms with Crippen molar-refractivity contribution in [3.05, 3.63) is 35.1 Å². The topological polar surface area (TPSA) is 23.6 Å². The van der Waals surface area contributed by atoms with Gasteiger partial charge in [-0.15, -0.1) is 0 Å². The van der Waals surface area contributed by atoms with E-state index in [0.29, 0.717) is 11.8 Å². The number of carbonyl (C=O) groups is 1. The third-order valence-corrected chi connectivity index (χ3v) is 7.57. The highest BCUT2D eigenvalue weighted by molar-refractivity contribution is 5.77. The number of hydrogen-bond acceptors (Lipinski definition) is 2. The van der Waals surface area contributed by atoms with Crippen LogP contribution >= 0.6 is 0 Å². The van der Waals surface area contributed by atoms with Crippen LogP contribution in [-0.4, -0.2) is 41.9 Å². The zero-order valence-corrected chi connectivity index (χ0v) is 18.5. The predicted molar refractivity (Wildman–Crippen MR) is 115 cm³/mol. The first-order valence-corrected chi connectivity index (χ1v) is 11.6. The number of hydrogen-bond donors (Lipinski definition) is 0. The fourth-order valence-electron chi connectivity index (χ4n) is 5.68. The molecule has 1 spiro atoms. The highest BCUT2D eigenvalue weighted by Crippen LogP contribution is 2.50. The summed E-state index contributed by atoms with van der Waals surface area (Å²) in [7, 11) is 0. The first-order valence-electron chi connectivity index (χ1n) is 11.6. The van der Waals surface area contributed by atoms with Crippen LogP contribution in [0.2, 0.25) is 0 Å². The van der Waals surface area contributed by atoms with Gasteiger partial charge in [-0.05, 0) is 98.7 Å². The van der Waals surface area contributed by atoms with Gasteiger partial charge in [0, 0.05) is 13.0 Å². The van der Waals surface area contributed by atoms with E-state index >= 15 is 0 Å². The Morgan fingerprint density at radius 3 is 2.55 bits per heavy atom. The van der Waals surface area contributed by atoms with Crippen LogP contribution in [0.4, 0.5) is 4.39 Å². The van der Waals surface area contributed by atoms with E-state index in [4.69, 9.17) is 0 Å². The van der Waals surface area contributed by atoms with Crippen molar-refractivity contribution in [2.24, 2.45) is 5.41 Å². The molecule has 1 aliphatic carbocycles. The number of rotatable bonds is 3. The largest absolute Gasteiger partial charge is 0.336 e. The number of piperidine rings is 2. The number of amides is 1. The number of likely N-dealkylation sites (tertiary alicyclic amines) is 2. The van der Waals surface area contributed by atoms with Crippen LogP contribution in [-0.2, 0) is 10.2 Å². The monoisotopic (exact) mass is 400 g/mol. The van der Waals surface area contributed by atoms with Gasteiger partial charge < -0.3 is 9.80 Å². The van der Waals surface area contributed by atoms with E-state index < -0.39 is 0 Å². The molecule has 29 heavy (non-hydrogen) atoms. The lowest BCUT2D eigenvalue weighted by Gasteiger charge is -2.49. The number of halogens is 1. The van der Waals surface area contributed by atoms with Crippen molar-refractivity contribution in [3.8, 4) is 0 Å². The first kappa shape index (κ1) is 20.8. The van der Waals surface area contributed by atoms with E-state index in [1.807, 2.05) is 6.07 Å². The molecule has 1 aromatic carbocycles. The smallest absolute Gasteiger partial charge is 0.223 e. The summed E-state index contributed by atoms with van der Waals surface area (Å²) in [6.07, 6.45) is 8.28. The lowest BCUT2D eigenvalue weighted by Crippen LogP contribution is -2.48. The van der Waals surface area contributed by atoms with E-state index in [2.05, 4.69) is 30.6 Å². The van der Waals surface area contributed by atoms with Gasteiger partial charge in [0.2, 0.25) is 5.91 Å². The molecule has 2 fully saturated rings. The van der Waals surface area contributed by atoms with Crippen LogP contribution in [0.1, 0.15) is 89.3 Å². The third-order valence-electron chi connectivity index (χ3n) is 7.57. The summed E-state index contributed by atoms with van der Waals surface area (Å²) in [5.41, 5.74) is 2.87. The maximum Gasteiger partial charge on any atom is 0.223 e. The zero-order chi connectivity index (χ0) is 20.6. The number of fused-ring (bicyclic) bond motifs is 2. The molecule has 160 valence electrons. The SMILES string of the molecule is CC(C)(C)CCN1CCC2(CC[C@H](N3CCCCC3=O)c3ccc(F)cc32)CC1. The summed E-state index contributed by atoms with van der Waals surface area (Å²) >= 11 is 0. The molecular formula is C25H37FN2O. The Morgan fingerprint density at radius 1 is 1.10 bits per heavy atom. The van der Waals surface area contributed by atoms with Gasteiger partial charge in [-0.2, -0.15) is 0 Å². The Hall–Kier alpha value is -1.42. The minimum atomic E-state index is -0.135. The highest BCUT2D eigenvalue weighted by Gasteiger charge is 2.44. The van der Waals surface area contributed by atoms with Crippen LogP contribution in [0.5, 0.6) is 0 Å². The van der Waals surface area contributed by atoms with E-state index in [0.717, 1.165) is 64.7 Å². The van der Waals surface area contributed by atoms with E-state index in [1.54, 1.807) is 12.1 Å². The maximum atomic E-state index is 14.3. The van der Waals surface area contributed by atoms with Crippen molar-refractivity contribution in [2.45, 2.75) is 83.6 Å². The van der Waals surface area contributed by atoms with Crippen LogP contribution in [0.15, 0.2) is 18.2 Å². The van der Waals surface area contributed by atoms with Crippen molar-refractivity contribution >= 4 is 5.91 Å². The molecule has 4 rings (SSSR count). The molecule has 2 heterocycles. The minimum Gasteiger partial charge on any atom is -0.336 e. The lowest BCUT2D eigenvalue weighted by molar-refractivity contribution is -0.136. The third kappa shape index (κ3) is 4.38. The molecule has 0 saturated carbocycles. The Bertz CT molecular complexity index is 746. The van der Waals surface area contributed by atoms with Gasteiger partial charge in [-0.3, -0.25) is 4.79 Å². The fraction of sp³-hybridized carbons (Fsp3) is 0.720. The summed E-state index contributed by atoms with van der Waals surface area (Å²) in [6.45, 7) is 11.1. The first-order chi connectivity index (χ1) is 13.8. The van der Waals surface area contributed by atoms with Crippen LogP contribution in [0.25, 0.3) is 0 Å². The maximum absolute atomic E-state index is 14.3. The average molecular weight is 401 g/mol. The van der Waals surface area contributed by atoms with E-state index in [9.17, 15) is 9.18 Å². The summed E-state index contributed by atoms with van der Waals surface area (Å²) in [4.78, 5) is 17.3.